The van der Waals surface area contributed by atoms with Gasteiger partial charge in [0, 0.05) is 11.1 Å². The summed E-state index contributed by atoms with van der Waals surface area (Å²) in [5.41, 5.74) is 0.977. The van der Waals surface area contributed by atoms with Gasteiger partial charge < -0.3 is 9.47 Å². The van der Waals surface area contributed by atoms with Crippen molar-refractivity contribution in [3.8, 4) is 11.5 Å². The summed E-state index contributed by atoms with van der Waals surface area (Å²) in [5, 5.41) is 0.426. The van der Waals surface area contributed by atoms with Crippen LogP contribution in [-0.2, 0) is 15.8 Å². The SMILES string of the molecule is O=S(=O)(Cc1ccccc1Cl)Nc1ccc2c(c1)OCCO2. The first-order chi connectivity index (χ1) is 10.5. The summed E-state index contributed by atoms with van der Waals surface area (Å²) >= 11 is 6.00. The Morgan fingerprint density at radius 3 is 2.55 bits per heavy atom. The maximum Gasteiger partial charge on any atom is 0.236 e. The van der Waals surface area contributed by atoms with Crippen LogP contribution in [0.3, 0.4) is 0 Å². The van der Waals surface area contributed by atoms with Gasteiger partial charge in [-0.05, 0) is 23.8 Å². The lowest BCUT2D eigenvalue weighted by Crippen LogP contribution is -2.17. The van der Waals surface area contributed by atoms with Crippen LogP contribution in [0.25, 0.3) is 0 Å². The van der Waals surface area contributed by atoms with Crippen molar-refractivity contribution in [2.75, 3.05) is 17.9 Å². The van der Waals surface area contributed by atoms with Gasteiger partial charge >= 0.3 is 0 Å². The van der Waals surface area contributed by atoms with Gasteiger partial charge in [-0.15, -0.1) is 0 Å². The largest absolute Gasteiger partial charge is 0.486 e. The topological polar surface area (TPSA) is 64.6 Å². The molecule has 0 saturated carbocycles. The molecule has 0 aliphatic carbocycles. The molecule has 0 radical (unpaired) electrons. The smallest absolute Gasteiger partial charge is 0.236 e. The molecule has 3 rings (SSSR count). The zero-order valence-electron chi connectivity index (χ0n) is 11.6. The average molecular weight is 340 g/mol. The summed E-state index contributed by atoms with van der Waals surface area (Å²) in [7, 11) is -3.57. The van der Waals surface area contributed by atoms with Crippen molar-refractivity contribution in [3.05, 3.63) is 53.1 Å². The molecule has 1 N–H and O–H groups in total. The van der Waals surface area contributed by atoms with Gasteiger partial charge in [0.25, 0.3) is 0 Å². The van der Waals surface area contributed by atoms with Crippen molar-refractivity contribution in [2.45, 2.75) is 5.75 Å². The van der Waals surface area contributed by atoms with Crippen molar-refractivity contribution in [2.24, 2.45) is 0 Å². The Labute approximate surface area is 133 Å². The van der Waals surface area contributed by atoms with E-state index in [1.807, 2.05) is 0 Å². The summed E-state index contributed by atoms with van der Waals surface area (Å²) in [4.78, 5) is 0. The van der Waals surface area contributed by atoms with Gasteiger partial charge in [-0.2, -0.15) is 0 Å². The van der Waals surface area contributed by atoms with E-state index in [1.54, 1.807) is 42.5 Å². The minimum absolute atomic E-state index is 0.193. The molecule has 116 valence electrons. The molecular formula is C15H14ClNO4S. The molecule has 0 spiro atoms. The third-order valence-electron chi connectivity index (χ3n) is 3.12. The van der Waals surface area contributed by atoms with Crippen LogP contribution >= 0.6 is 11.6 Å². The lowest BCUT2D eigenvalue weighted by molar-refractivity contribution is 0.171. The second-order valence-corrected chi connectivity index (χ2v) is 6.94. The number of sulfonamides is 1. The fourth-order valence-corrected chi connectivity index (χ4v) is 3.64. The molecule has 1 aliphatic heterocycles. The second kappa shape index (κ2) is 6.06. The number of halogens is 1. The molecule has 2 aromatic rings. The molecule has 1 heterocycles. The highest BCUT2D eigenvalue weighted by atomic mass is 35.5. The maximum atomic E-state index is 12.2. The summed E-state index contributed by atoms with van der Waals surface area (Å²) < 4.78 is 37.9. The second-order valence-electron chi connectivity index (χ2n) is 4.81. The van der Waals surface area contributed by atoms with Crippen molar-refractivity contribution in [3.63, 3.8) is 0 Å². The molecule has 0 amide bonds. The van der Waals surface area contributed by atoms with Crippen molar-refractivity contribution in [1.82, 2.24) is 0 Å². The molecule has 1 aliphatic rings. The van der Waals surface area contributed by atoms with E-state index in [0.29, 0.717) is 41.0 Å². The number of hydrogen-bond acceptors (Lipinski definition) is 4. The van der Waals surface area contributed by atoms with Crippen LogP contribution in [0.5, 0.6) is 11.5 Å². The molecule has 22 heavy (non-hydrogen) atoms. The molecular weight excluding hydrogens is 326 g/mol. The molecule has 7 heteroatoms. The average Bonchev–Trinajstić information content (AvgIpc) is 2.49. The first kappa shape index (κ1) is 15.0. The minimum atomic E-state index is -3.57. The Bertz CT molecular complexity index is 792. The minimum Gasteiger partial charge on any atom is -0.486 e. The zero-order chi connectivity index (χ0) is 15.6. The number of rotatable bonds is 4. The Balaban J connectivity index is 1.78. The van der Waals surface area contributed by atoms with Gasteiger partial charge in [0.05, 0.1) is 11.4 Å². The third kappa shape index (κ3) is 3.45. The fourth-order valence-electron chi connectivity index (χ4n) is 2.14. The Kier molecular flexibility index (Phi) is 4.13. The lowest BCUT2D eigenvalue weighted by Gasteiger charge is -2.19. The van der Waals surface area contributed by atoms with E-state index in [4.69, 9.17) is 21.1 Å². The Morgan fingerprint density at radius 2 is 1.77 bits per heavy atom. The van der Waals surface area contributed by atoms with E-state index in [-0.39, 0.29) is 5.75 Å². The highest BCUT2D eigenvalue weighted by molar-refractivity contribution is 7.91. The molecule has 0 atom stereocenters. The highest BCUT2D eigenvalue weighted by Gasteiger charge is 2.16. The maximum absolute atomic E-state index is 12.2. The van der Waals surface area contributed by atoms with Gasteiger partial charge in [0.15, 0.2) is 11.5 Å². The lowest BCUT2D eigenvalue weighted by atomic mass is 10.2. The zero-order valence-corrected chi connectivity index (χ0v) is 13.2. The molecule has 2 aromatic carbocycles. The van der Waals surface area contributed by atoms with E-state index in [0.717, 1.165) is 0 Å². The quantitative estimate of drug-likeness (QED) is 0.929. The number of benzene rings is 2. The monoisotopic (exact) mass is 339 g/mol. The van der Waals surface area contributed by atoms with Gasteiger partial charge in [-0.1, -0.05) is 29.8 Å². The number of ether oxygens (including phenoxy) is 2. The molecule has 0 unspecified atom stereocenters. The predicted molar refractivity (Wildman–Crippen MR) is 85.1 cm³/mol. The van der Waals surface area contributed by atoms with E-state index in [9.17, 15) is 8.42 Å². The summed E-state index contributed by atoms with van der Waals surface area (Å²) in [5.74, 6) is 0.950. The summed E-state index contributed by atoms with van der Waals surface area (Å²) in [6.07, 6.45) is 0. The molecule has 0 bridgehead atoms. The van der Waals surface area contributed by atoms with E-state index < -0.39 is 10.0 Å². The molecule has 0 aromatic heterocycles. The summed E-state index contributed by atoms with van der Waals surface area (Å²) in [6.45, 7) is 0.938. The van der Waals surface area contributed by atoms with Crippen LogP contribution in [0.4, 0.5) is 5.69 Å². The van der Waals surface area contributed by atoms with Gasteiger partial charge in [0.1, 0.15) is 13.2 Å². The van der Waals surface area contributed by atoms with Crippen LogP contribution in [0.1, 0.15) is 5.56 Å². The van der Waals surface area contributed by atoms with Crippen LogP contribution in [-0.4, -0.2) is 21.6 Å². The summed E-state index contributed by atoms with van der Waals surface area (Å²) in [6, 6.07) is 11.8. The van der Waals surface area contributed by atoms with Gasteiger partial charge in [-0.3, -0.25) is 4.72 Å². The van der Waals surface area contributed by atoms with E-state index in [2.05, 4.69) is 4.72 Å². The van der Waals surface area contributed by atoms with Crippen LogP contribution < -0.4 is 14.2 Å². The van der Waals surface area contributed by atoms with Gasteiger partial charge in [0.2, 0.25) is 10.0 Å². The number of fused-ring (bicyclic) bond motifs is 1. The third-order valence-corrected chi connectivity index (χ3v) is 4.73. The van der Waals surface area contributed by atoms with Crippen molar-refractivity contribution in [1.29, 1.82) is 0 Å². The fraction of sp³-hybridized carbons (Fsp3) is 0.200. The first-order valence-electron chi connectivity index (χ1n) is 6.67. The normalized spacial score (nSPS) is 13.7. The number of anilines is 1. The van der Waals surface area contributed by atoms with Crippen molar-refractivity contribution < 1.29 is 17.9 Å². The van der Waals surface area contributed by atoms with Crippen LogP contribution in [0.15, 0.2) is 42.5 Å². The predicted octanol–water partition coefficient (Wildman–Crippen LogP) is 3.05. The molecule has 0 fully saturated rings. The van der Waals surface area contributed by atoms with E-state index in [1.165, 1.54) is 0 Å². The van der Waals surface area contributed by atoms with Crippen molar-refractivity contribution >= 4 is 27.3 Å². The van der Waals surface area contributed by atoms with Crippen LogP contribution in [0.2, 0.25) is 5.02 Å². The van der Waals surface area contributed by atoms with Crippen LogP contribution in [0, 0.1) is 0 Å². The van der Waals surface area contributed by atoms with E-state index >= 15 is 0 Å². The Hall–Kier alpha value is -1.92. The molecule has 0 saturated heterocycles. The standard InChI is InChI=1S/C15H14ClNO4S/c16-13-4-2-1-3-11(13)10-22(18,19)17-12-5-6-14-15(9-12)21-8-7-20-14/h1-6,9,17H,7-8,10H2. The highest BCUT2D eigenvalue weighted by Crippen LogP contribution is 2.33. The molecule has 5 nitrogen and oxygen atoms in total. The first-order valence-corrected chi connectivity index (χ1v) is 8.70. The van der Waals surface area contributed by atoms with Gasteiger partial charge in [-0.25, -0.2) is 8.42 Å². The Morgan fingerprint density at radius 1 is 1.05 bits per heavy atom. The number of nitrogens with one attached hydrogen (secondary N) is 1. The number of hydrogen-bond donors (Lipinski definition) is 1.